The zero-order chi connectivity index (χ0) is 14.0. The van der Waals surface area contributed by atoms with Gasteiger partial charge in [0.1, 0.15) is 0 Å². The molecule has 20 heavy (non-hydrogen) atoms. The summed E-state index contributed by atoms with van der Waals surface area (Å²) in [6, 6.07) is 6.15. The number of nitrogens with two attached hydrogens (primary N) is 1. The fourth-order valence-corrected chi connectivity index (χ4v) is 2.92. The number of carbonyl (C=O) groups excluding carboxylic acids is 1. The van der Waals surface area contributed by atoms with Crippen LogP contribution in [0, 0.1) is 13.8 Å². The average molecular weight is 297 g/mol. The molecule has 1 unspecified atom stereocenters. The molecular formula is C16H25ClN2O. The van der Waals surface area contributed by atoms with Gasteiger partial charge in [-0.3, -0.25) is 4.79 Å². The summed E-state index contributed by atoms with van der Waals surface area (Å²) < 4.78 is 0. The van der Waals surface area contributed by atoms with Gasteiger partial charge in [0.2, 0.25) is 5.91 Å². The lowest BCUT2D eigenvalue weighted by Crippen LogP contribution is -2.46. The monoisotopic (exact) mass is 296 g/mol. The van der Waals surface area contributed by atoms with Crippen LogP contribution in [0.4, 0.5) is 0 Å². The highest BCUT2D eigenvalue weighted by Gasteiger charge is 2.30. The Balaban J connectivity index is 0.00000200. The van der Waals surface area contributed by atoms with E-state index in [2.05, 4.69) is 32.0 Å². The number of aryl methyl sites for hydroxylation is 1. The average Bonchev–Trinajstić information content (AvgIpc) is 2.41. The van der Waals surface area contributed by atoms with Gasteiger partial charge in [-0.05, 0) is 56.7 Å². The molecule has 1 saturated heterocycles. The molecule has 0 saturated carbocycles. The Kier molecular flexibility index (Phi) is 6.03. The van der Waals surface area contributed by atoms with Crippen LogP contribution < -0.4 is 5.73 Å². The van der Waals surface area contributed by atoms with Gasteiger partial charge < -0.3 is 10.6 Å². The minimum Gasteiger partial charge on any atom is -0.334 e. The predicted octanol–water partition coefficient (Wildman–Crippen LogP) is 3.13. The van der Waals surface area contributed by atoms with Crippen LogP contribution in [0.1, 0.15) is 48.9 Å². The number of halogens is 1. The normalized spacial score (nSPS) is 20.2. The maximum absolute atomic E-state index is 12.3. The third kappa shape index (κ3) is 3.33. The minimum absolute atomic E-state index is 0. The first kappa shape index (κ1) is 17.0. The molecule has 2 rings (SSSR count). The Morgan fingerprint density at radius 1 is 1.35 bits per heavy atom. The van der Waals surface area contributed by atoms with Crippen molar-refractivity contribution >= 4 is 18.3 Å². The van der Waals surface area contributed by atoms with E-state index in [0.717, 1.165) is 19.4 Å². The summed E-state index contributed by atoms with van der Waals surface area (Å²) in [6.07, 6.45) is 3.31. The third-order valence-electron chi connectivity index (χ3n) is 4.18. The van der Waals surface area contributed by atoms with Crippen molar-refractivity contribution in [2.45, 2.75) is 52.1 Å². The zero-order valence-electron chi connectivity index (χ0n) is 12.6. The molecule has 0 bridgehead atoms. The lowest BCUT2D eigenvalue weighted by atomic mass is 9.90. The Hall–Kier alpha value is -1.06. The number of rotatable bonds is 2. The number of amides is 1. The van der Waals surface area contributed by atoms with Gasteiger partial charge in [-0.25, -0.2) is 0 Å². The van der Waals surface area contributed by atoms with Gasteiger partial charge in [0, 0.05) is 6.54 Å². The van der Waals surface area contributed by atoms with Gasteiger partial charge in [0.15, 0.2) is 0 Å². The molecule has 2 N–H and O–H groups in total. The number of hydrogen-bond acceptors (Lipinski definition) is 2. The van der Waals surface area contributed by atoms with Crippen molar-refractivity contribution in [1.29, 1.82) is 0 Å². The molecule has 3 nitrogen and oxygen atoms in total. The van der Waals surface area contributed by atoms with Crippen LogP contribution in [0.5, 0.6) is 0 Å². The molecule has 1 aromatic carbocycles. The summed E-state index contributed by atoms with van der Waals surface area (Å²) in [6.45, 7) is 6.88. The number of carbonyl (C=O) groups is 1. The van der Waals surface area contributed by atoms with Gasteiger partial charge in [0.05, 0.1) is 12.1 Å². The Labute approximate surface area is 127 Å². The second kappa shape index (κ2) is 7.09. The first-order valence-corrected chi connectivity index (χ1v) is 7.14. The highest BCUT2D eigenvalue weighted by molar-refractivity contribution is 5.85. The van der Waals surface area contributed by atoms with Crippen LogP contribution in [-0.4, -0.2) is 23.4 Å². The van der Waals surface area contributed by atoms with Crippen molar-refractivity contribution < 1.29 is 4.79 Å². The zero-order valence-corrected chi connectivity index (χ0v) is 13.4. The molecule has 4 heteroatoms. The standard InChI is InChI=1S/C16H24N2O.ClH/c1-11-7-6-8-14(12(11)2)15-9-4-5-10-18(15)16(19)13(3)17;/h6-8,13,15H,4-5,9-10,17H2,1-3H3;1H/t13-,15?;/m0./s1. The summed E-state index contributed by atoms with van der Waals surface area (Å²) in [5, 5.41) is 0. The summed E-state index contributed by atoms with van der Waals surface area (Å²) in [7, 11) is 0. The molecule has 2 atom stereocenters. The Bertz CT molecular complexity index is 474. The second-order valence-electron chi connectivity index (χ2n) is 5.62. The van der Waals surface area contributed by atoms with Crippen LogP contribution in [0.3, 0.4) is 0 Å². The number of nitrogens with zero attached hydrogens (tertiary/aromatic N) is 1. The molecule has 0 aliphatic carbocycles. The SMILES string of the molecule is Cc1cccc(C2CCCCN2C(=O)[C@H](C)N)c1C.Cl. The van der Waals surface area contributed by atoms with Crippen LogP contribution in [0.2, 0.25) is 0 Å². The summed E-state index contributed by atoms with van der Waals surface area (Å²) in [5.41, 5.74) is 9.66. The van der Waals surface area contributed by atoms with E-state index in [0.29, 0.717) is 0 Å². The first-order valence-electron chi connectivity index (χ1n) is 7.14. The molecule has 0 radical (unpaired) electrons. The van der Waals surface area contributed by atoms with Crippen LogP contribution in [0.25, 0.3) is 0 Å². The molecule has 1 fully saturated rings. The molecular weight excluding hydrogens is 272 g/mol. The molecule has 1 aromatic rings. The largest absolute Gasteiger partial charge is 0.334 e. The van der Waals surface area contributed by atoms with E-state index >= 15 is 0 Å². The smallest absolute Gasteiger partial charge is 0.239 e. The van der Waals surface area contributed by atoms with Crippen LogP contribution >= 0.6 is 12.4 Å². The topological polar surface area (TPSA) is 46.3 Å². The maximum Gasteiger partial charge on any atom is 0.239 e. The van der Waals surface area contributed by atoms with Crippen LogP contribution in [0.15, 0.2) is 18.2 Å². The second-order valence-corrected chi connectivity index (χ2v) is 5.62. The van der Waals surface area contributed by atoms with E-state index in [1.54, 1.807) is 6.92 Å². The van der Waals surface area contributed by atoms with Crippen molar-refractivity contribution in [2.24, 2.45) is 5.73 Å². The van der Waals surface area contributed by atoms with Gasteiger partial charge in [-0.2, -0.15) is 0 Å². The van der Waals surface area contributed by atoms with E-state index in [-0.39, 0.29) is 24.4 Å². The molecule has 1 aliphatic heterocycles. The third-order valence-corrected chi connectivity index (χ3v) is 4.18. The van der Waals surface area contributed by atoms with E-state index in [1.165, 1.54) is 23.1 Å². The highest BCUT2D eigenvalue weighted by Crippen LogP contribution is 2.33. The Morgan fingerprint density at radius 2 is 2.05 bits per heavy atom. The van der Waals surface area contributed by atoms with Crippen molar-refractivity contribution in [3.63, 3.8) is 0 Å². The van der Waals surface area contributed by atoms with Gasteiger partial charge in [-0.1, -0.05) is 18.2 Å². The van der Waals surface area contributed by atoms with Crippen molar-refractivity contribution in [2.75, 3.05) is 6.54 Å². The highest BCUT2D eigenvalue weighted by atomic mass is 35.5. The van der Waals surface area contributed by atoms with Crippen molar-refractivity contribution in [3.8, 4) is 0 Å². The fraction of sp³-hybridized carbons (Fsp3) is 0.562. The lowest BCUT2D eigenvalue weighted by Gasteiger charge is -2.38. The van der Waals surface area contributed by atoms with Gasteiger partial charge >= 0.3 is 0 Å². The molecule has 0 aromatic heterocycles. The fourth-order valence-electron chi connectivity index (χ4n) is 2.92. The predicted molar refractivity (Wildman–Crippen MR) is 85.1 cm³/mol. The number of hydrogen-bond donors (Lipinski definition) is 1. The molecule has 1 aliphatic rings. The molecule has 1 heterocycles. The van der Waals surface area contributed by atoms with Crippen LogP contribution in [-0.2, 0) is 4.79 Å². The number of benzene rings is 1. The van der Waals surface area contributed by atoms with Crippen molar-refractivity contribution in [3.05, 3.63) is 34.9 Å². The first-order chi connectivity index (χ1) is 9.02. The minimum atomic E-state index is -0.411. The Morgan fingerprint density at radius 3 is 2.70 bits per heavy atom. The number of piperidine rings is 1. The van der Waals surface area contributed by atoms with Crippen molar-refractivity contribution in [1.82, 2.24) is 4.90 Å². The van der Waals surface area contributed by atoms with Gasteiger partial charge in [0.25, 0.3) is 0 Å². The molecule has 112 valence electrons. The summed E-state index contributed by atoms with van der Waals surface area (Å²) in [4.78, 5) is 14.3. The van der Waals surface area contributed by atoms with E-state index in [1.807, 2.05) is 4.90 Å². The molecule has 0 spiro atoms. The summed E-state index contributed by atoms with van der Waals surface area (Å²) >= 11 is 0. The van der Waals surface area contributed by atoms with E-state index < -0.39 is 6.04 Å². The number of likely N-dealkylation sites (tertiary alicyclic amines) is 1. The van der Waals surface area contributed by atoms with E-state index in [4.69, 9.17) is 5.73 Å². The molecule has 1 amide bonds. The lowest BCUT2D eigenvalue weighted by molar-refractivity contribution is -0.136. The maximum atomic E-state index is 12.3. The quantitative estimate of drug-likeness (QED) is 0.911. The van der Waals surface area contributed by atoms with Gasteiger partial charge in [-0.15, -0.1) is 12.4 Å². The summed E-state index contributed by atoms with van der Waals surface area (Å²) in [5.74, 6) is 0.0746. The van der Waals surface area contributed by atoms with E-state index in [9.17, 15) is 4.79 Å².